The topological polar surface area (TPSA) is 51.7 Å². The molecule has 0 amide bonds. The Bertz CT molecular complexity index is 467. The third-order valence-electron chi connectivity index (χ3n) is 3.03. The van der Waals surface area contributed by atoms with Gasteiger partial charge in [-0.1, -0.05) is 0 Å². The molecule has 2 rings (SSSR count). The number of nitrogens with zero attached hydrogens (tertiary/aromatic N) is 2. The molecule has 0 bridgehead atoms. The van der Waals surface area contributed by atoms with Crippen LogP contribution in [-0.4, -0.2) is 43.9 Å². The molecule has 2 heterocycles. The predicted octanol–water partition coefficient (Wildman–Crippen LogP) is 2.25. The van der Waals surface area contributed by atoms with Crippen molar-refractivity contribution in [2.45, 2.75) is 19.4 Å². The second kappa shape index (κ2) is 6.34. The zero-order chi connectivity index (χ0) is 13.8. The largest absolute Gasteiger partial charge is 0.465 e. The maximum Gasteiger partial charge on any atom is 0.339 e. The third-order valence-corrected chi connectivity index (χ3v) is 3.81. The quantitative estimate of drug-likeness (QED) is 0.779. The van der Waals surface area contributed by atoms with E-state index < -0.39 is 0 Å². The second-order valence-corrected chi connectivity index (χ2v) is 5.26. The Morgan fingerprint density at radius 2 is 2.42 bits per heavy atom. The van der Waals surface area contributed by atoms with Crippen molar-refractivity contribution < 1.29 is 14.3 Å². The standard InChI is InChI=1S/C13H17BrN2O3/c1-9-8-16(6-3-7-19-9)12-11(14)10(4-5-15-12)13(17)18-2/h4-5,9H,3,6-8H2,1-2H3. The van der Waals surface area contributed by atoms with E-state index in [-0.39, 0.29) is 12.1 Å². The molecule has 1 aromatic heterocycles. The number of pyridine rings is 1. The SMILES string of the molecule is COC(=O)c1ccnc(N2CCCOC(C)C2)c1Br. The van der Waals surface area contributed by atoms with E-state index in [1.165, 1.54) is 7.11 Å². The van der Waals surface area contributed by atoms with Gasteiger partial charge in [-0.2, -0.15) is 0 Å². The summed E-state index contributed by atoms with van der Waals surface area (Å²) in [5, 5.41) is 0. The molecule has 0 spiro atoms. The maximum atomic E-state index is 11.7. The molecule has 0 aromatic carbocycles. The van der Waals surface area contributed by atoms with Crippen molar-refractivity contribution >= 4 is 27.7 Å². The second-order valence-electron chi connectivity index (χ2n) is 4.47. The van der Waals surface area contributed by atoms with Crippen LogP contribution in [0, 0.1) is 0 Å². The normalized spacial score (nSPS) is 19.9. The van der Waals surface area contributed by atoms with Gasteiger partial charge < -0.3 is 14.4 Å². The number of methoxy groups -OCH3 is 1. The number of halogens is 1. The van der Waals surface area contributed by atoms with Gasteiger partial charge in [-0.25, -0.2) is 9.78 Å². The van der Waals surface area contributed by atoms with Crippen LogP contribution in [-0.2, 0) is 9.47 Å². The summed E-state index contributed by atoms with van der Waals surface area (Å²) >= 11 is 3.46. The third kappa shape index (κ3) is 3.25. The first-order chi connectivity index (χ1) is 9.13. The molecule has 104 valence electrons. The van der Waals surface area contributed by atoms with Crippen LogP contribution in [0.15, 0.2) is 16.7 Å². The molecule has 0 radical (unpaired) electrons. The molecule has 1 saturated heterocycles. The molecule has 0 saturated carbocycles. The summed E-state index contributed by atoms with van der Waals surface area (Å²) in [6.07, 6.45) is 2.72. The van der Waals surface area contributed by atoms with Crippen molar-refractivity contribution in [1.82, 2.24) is 4.98 Å². The summed E-state index contributed by atoms with van der Waals surface area (Å²) in [6.45, 7) is 4.42. The van der Waals surface area contributed by atoms with Crippen LogP contribution in [0.1, 0.15) is 23.7 Å². The van der Waals surface area contributed by atoms with E-state index in [9.17, 15) is 4.79 Å². The van der Waals surface area contributed by atoms with Crippen molar-refractivity contribution in [3.8, 4) is 0 Å². The van der Waals surface area contributed by atoms with Crippen molar-refractivity contribution in [3.05, 3.63) is 22.3 Å². The van der Waals surface area contributed by atoms with E-state index in [4.69, 9.17) is 9.47 Å². The number of aromatic nitrogens is 1. The predicted molar refractivity (Wildman–Crippen MR) is 75.5 cm³/mol. The lowest BCUT2D eigenvalue weighted by molar-refractivity contribution is 0.0599. The van der Waals surface area contributed by atoms with Crippen LogP contribution < -0.4 is 4.90 Å². The number of esters is 1. The zero-order valence-electron chi connectivity index (χ0n) is 11.1. The molecule has 0 aliphatic carbocycles. The van der Waals surface area contributed by atoms with Gasteiger partial charge >= 0.3 is 5.97 Å². The molecule has 19 heavy (non-hydrogen) atoms. The number of hydrogen-bond acceptors (Lipinski definition) is 5. The first-order valence-electron chi connectivity index (χ1n) is 6.23. The summed E-state index contributed by atoms with van der Waals surface area (Å²) in [4.78, 5) is 18.2. The van der Waals surface area contributed by atoms with Gasteiger partial charge in [0.25, 0.3) is 0 Å². The van der Waals surface area contributed by atoms with E-state index in [1.807, 2.05) is 6.92 Å². The van der Waals surface area contributed by atoms with Gasteiger partial charge in [0.2, 0.25) is 0 Å². The Labute approximate surface area is 121 Å². The molecule has 1 aromatic rings. The van der Waals surface area contributed by atoms with Crippen LogP contribution in [0.25, 0.3) is 0 Å². The highest BCUT2D eigenvalue weighted by molar-refractivity contribution is 9.10. The molecule has 0 N–H and O–H groups in total. The Balaban J connectivity index is 2.31. The number of carbonyl (C=O) groups excluding carboxylic acids is 1. The van der Waals surface area contributed by atoms with E-state index in [2.05, 4.69) is 25.8 Å². The molecular formula is C13H17BrN2O3. The molecule has 1 fully saturated rings. The number of rotatable bonds is 2. The zero-order valence-corrected chi connectivity index (χ0v) is 12.6. The molecule has 1 unspecified atom stereocenters. The van der Waals surface area contributed by atoms with Gasteiger partial charge in [-0.3, -0.25) is 0 Å². The monoisotopic (exact) mass is 328 g/mol. The maximum absolute atomic E-state index is 11.7. The molecular weight excluding hydrogens is 312 g/mol. The van der Waals surface area contributed by atoms with Crippen LogP contribution in [0.4, 0.5) is 5.82 Å². The first kappa shape index (κ1) is 14.3. The smallest absolute Gasteiger partial charge is 0.339 e. The lowest BCUT2D eigenvalue weighted by Crippen LogP contribution is -2.31. The highest BCUT2D eigenvalue weighted by Crippen LogP contribution is 2.29. The highest BCUT2D eigenvalue weighted by atomic mass is 79.9. The van der Waals surface area contributed by atoms with Gasteiger partial charge in [0.05, 0.1) is 23.2 Å². The summed E-state index contributed by atoms with van der Waals surface area (Å²) in [5.74, 6) is 0.398. The van der Waals surface area contributed by atoms with Crippen molar-refractivity contribution in [1.29, 1.82) is 0 Å². The average Bonchev–Trinajstić information content (AvgIpc) is 2.63. The Morgan fingerprint density at radius 1 is 1.63 bits per heavy atom. The summed E-state index contributed by atoms with van der Waals surface area (Å²) in [7, 11) is 1.37. The average molecular weight is 329 g/mol. The van der Waals surface area contributed by atoms with Crippen molar-refractivity contribution in [2.24, 2.45) is 0 Å². The minimum Gasteiger partial charge on any atom is -0.465 e. The van der Waals surface area contributed by atoms with E-state index in [1.54, 1.807) is 12.3 Å². The van der Waals surface area contributed by atoms with Crippen LogP contribution in [0.2, 0.25) is 0 Å². The van der Waals surface area contributed by atoms with Crippen LogP contribution in [0.3, 0.4) is 0 Å². The summed E-state index contributed by atoms with van der Waals surface area (Å²) in [5.41, 5.74) is 0.491. The lowest BCUT2D eigenvalue weighted by Gasteiger charge is -2.24. The van der Waals surface area contributed by atoms with E-state index in [0.29, 0.717) is 10.0 Å². The van der Waals surface area contributed by atoms with Gasteiger partial charge in [0.15, 0.2) is 0 Å². The Hall–Kier alpha value is -1.14. The molecule has 1 aliphatic heterocycles. The number of carbonyl (C=O) groups is 1. The number of anilines is 1. The van der Waals surface area contributed by atoms with Crippen molar-refractivity contribution in [3.63, 3.8) is 0 Å². The fraction of sp³-hybridized carbons (Fsp3) is 0.538. The van der Waals surface area contributed by atoms with Crippen LogP contribution >= 0.6 is 15.9 Å². The van der Waals surface area contributed by atoms with Crippen molar-refractivity contribution in [2.75, 3.05) is 31.7 Å². The minimum atomic E-state index is -0.366. The summed E-state index contributed by atoms with van der Waals surface area (Å²) < 4.78 is 11.1. The molecule has 6 heteroatoms. The fourth-order valence-corrected chi connectivity index (χ4v) is 2.75. The van der Waals surface area contributed by atoms with Gasteiger partial charge in [0.1, 0.15) is 5.82 Å². The molecule has 1 atom stereocenters. The lowest BCUT2D eigenvalue weighted by atomic mass is 10.2. The molecule has 1 aliphatic rings. The van der Waals surface area contributed by atoms with Gasteiger partial charge in [-0.05, 0) is 35.3 Å². The Kier molecular flexibility index (Phi) is 4.76. The fourth-order valence-electron chi connectivity index (χ4n) is 2.11. The molecule has 5 nitrogen and oxygen atoms in total. The van der Waals surface area contributed by atoms with Gasteiger partial charge in [-0.15, -0.1) is 0 Å². The Morgan fingerprint density at radius 3 is 3.16 bits per heavy atom. The van der Waals surface area contributed by atoms with Gasteiger partial charge in [0, 0.05) is 25.9 Å². The minimum absolute atomic E-state index is 0.151. The number of ether oxygens (including phenoxy) is 2. The summed E-state index contributed by atoms with van der Waals surface area (Å²) in [6, 6.07) is 1.65. The first-order valence-corrected chi connectivity index (χ1v) is 7.02. The van der Waals surface area contributed by atoms with E-state index in [0.717, 1.165) is 31.9 Å². The highest BCUT2D eigenvalue weighted by Gasteiger charge is 2.21. The number of hydrogen-bond donors (Lipinski definition) is 0. The van der Waals surface area contributed by atoms with Crippen LogP contribution in [0.5, 0.6) is 0 Å². The van der Waals surface area contributed by atoms with E-state index >= 15 is 0 Å².